The standard InChI is InChI=1S/C16H18ClN3O4/c1-3-18-16(22)10(2)23-14(21)9-8-13-19-15(20-24-13)11-4-6-12(17)7-5-11/h4-7,10H,3,8-9H2,1-2H3,(H,18,22)/t10-/m0/s1. The Labute approximate surface area is 144 Å². The second-order valence-corrected chi connectivity index (χ2v) is 5.48. The Balaban J connectivity index is 1.85. The van der Waals surface area contributed by atoms with E-state index >= 15 is 0 Å². The molecule has 0 radical (unpaired) electrons. The highest BCUT2D eigenvalue weighted by Crippen LogP contribution is 2.19. The smallest absolute Gasteiger partial charge is 0.307 e. The minimum atomic E-state index is -0.829. The van der Waals surface area contributed by atoms with Crippen molar-refractivity contribution in [3.8, 4) is 11.4 Å². The molecule has 0 saturated heterocycles. The molecule has 7 nitrogen and oxygen atoms in total. The van der Waals surface area contributed by atoms with Crippen molar-refractivity contribution in [1.82, 2.24) is 15.5 Å². The summed E-state index contributed by atoms with van der Waals surface area (Å²) < 4.78 is 10.1. The van der Waals surface area contributed by atoms with Gasteiger partial charge in [-0.1, -0.05) is 16.8 Å². The average Bonchev–Trinajstić information content (AvgIpc) is 3.03. The van der Waals surface area contributed by atoms with Crippen molar-refractivity contribution in [3.63, 3.8) is 0 Å². The Morgan fingerprint density at radius 1 is 1.33 bits per heavy atom. The summed E-state index contributed by atoms with van der Waals surface area (Å²) in [5.74, 6) is -0.0815. The number of hydrogen-bond donors (Lipinski definition) is 1. The summed E-state index contributed by atoms with van der Waals surface area (Å²) in [5, 5.41) is 7.06. The zero-order valence-electron chi connectivity index (χ0n) is 13.4. The minimum Gasteiger partial charge on any atom is -0.453 e. The van der Waals surface area contributed by atoms with Crippen LogP contribution in [-0.2, 0) is 20.7 Å². The van der Waals surface area contributed by atoms with Gasteiger partial charge in [0.1, 0.15) is 0 Å². The number of halogens is 1. The number of hydrogen-bond acceptors (Lipinski definition) is 6. The summed E-state index contributed by atoms with van der Waals surface area (Å²) in [6, 6.07) is 7.01. The van der Waals surface area contributed by atoms with Crippen molar-refractivity contribution < 1.29 is 18.8 Å². The highest BCUT2D eigenvalue weighted by Gasteiger charge is 2.18. The van der Waals surface area contributed by atoms with Crippen molar-refractivity contribution in [2.75, 3.05) is 6.54 Å². The highest BCUT2D eigenvalue weighted by molar-refractivity contribution is 6.30. The van der Waals surface area contributed by atoms with E-state index in [2.05, 4.69) is 15.5 Å². The number of amides is 1. The maximum atomic E-state index is 11.7. The molecule has 0 aliphatic carbocycles. The van der Waals surface area contributed by atoms with Crippen LogP contribution >= 0.6 is 11.6 Å². The number of likely N-dealkylation sites (N-methyl/N-ethyl adjacent to an activating group) is 1. The Hall–Kier alpha value is -2.41. The molecule has 0 unspecified atom stereocenters. The highest BCUT2D eigenvalue weighted by atomic mass is 35.5. The average molecular weight is 352 g/mol. The van der Waals surface area contributed by atoms with Gasteiger partial charge in [0.05, 0.1) is 6.42 Å². The lowest BCUT2D eigenvalue weighted by Gasteiger charge is -2.11. The predicted octanol–water partition coefficient (Wildman–Crippen LogP) is 2.39. The number of nitrogens with one attached hydrogen (secondary N) is 1. The van der Waals surface area contributed by atoms with Gasteiger partial charge in [0.2, 0.25) is 11.7 Å². The van der Waals surface area contributed by atoms with E-state index in [9.17, 15) is 9.59 Å². The molecule has 0 saturated carbocycles. The quantitative estimate of drug-likeness (QED) is 0.770. The first-order valence-electron chi connectivity index (χ1n) is 7.55. The molecule has 0 aliphatic heterocycles. The van der Waals surface area contributed by atoms with E-state index in [1.165, 1.54) is 6.92 Å². The van der Waals surface area contributed by atoms with Gasteiger partial charge in [-0.15, -0.1) is 0 Å². The Morgan fingerprint density at radius 3 is 2.71 bits per heavy atom. The molecule has 1 N–H and O–H groups in total. The maximum Gasteiger partial charge on any atom is 0.307 e. The minimum absolute atomic E-state index is 0.0476. The zero-order chi connectivity index (χ0) is 17.5. The van der Waals surface area contributed by atoms with Crippen molar-refractivity contribution in [2.24, 2.45) is 0 Å². The number of carbonyl (C=O) groups excluding carboxylic acids is 2. The number of rotatable bonds is 7. The summed E-state index contributed by atoms with van der Waals surface area (Å²) in [5.41, 5.74) is 0.766. The number of aryl methyl sites for hydroxylation is 1. The molecule has 1 amide bonds. The van der Waals surface area contributed by atoms with Gasteiger partial charge < -0.3 is 14.6 Å². The molecule has 1 heterocycles. The van der Waals surface area contributed by atoms with E-state index in [0.717, 1.165) is 5.56 Å². The maximum absolute atomic E-state index is 11.7. The number of aromatic nitrogens is 2. The van der Waals surface area contributed by atoms with Gasteiger partial charge in [-0.25, -0.2) is 0 Å². The fourth-order valence-electron chi connectivity index (χ4n) is 1.91. The molecular formula is C16H18ClN3O4. The van der Waals surface area contributed by atoms with Crippen molar-refractivity contribution in [1.29, 1.82) is 0 Å². The van der Waals surface area contributed by atoms with Gasteiger partial charge in [0.15, 0.2) is 6.10 Å². The van der Waals surface area contributed by atoms with Crippen LogP contribution in [0.4, 0.5) is 0 Å². The second kappa shape index (κ2) is 8.44. The SMILES string of the molecule is CCNC(=O)[C@H](C)OC(=O)CCc1nc(-c2ccc(Cl)cc2)no1. The molecule has 128 valence electrons. The van der Waals surface area contributed by atoms with E-state index in [1.54, 1.807) is 31.2 Å². The van der Waals surface area contributed by atoms with Crippen LogP contribution in [0.3, 0.4) is 0 Å². The number of ether oxygens (including phenoxy) is 1. The number of nitrogens with zero attached hydrogens (tertiary/aromatic N) is 2. The van der Waals surface area contributed by atoms with Gasteiger partial charge in [0.25, 0.3) is 5.91 Å². The van der Waals surface area contributed by atoms with Gasteiger partial charge in [-0.05, 0) is 38.1 Å². The first-order valence-corrected chi connectivity index (χ1v) is 7.93. The molecule has 1 aromatic carbocycles. The molecule has 1 aromatic heterocycles. The van der Waals surface area contributed by atoms with Crippen LogP contribution in [0.2, 0.25) is 5.02 Å². The molecule has 0 aliphatic rings. The molecule has 2 aromatic rings. The Kier molecular flexibility index (Phi) is 6.31. The van der Waals surface area contributed by atoms with E-state index in [0.29, 0.717) is 23.3 Å². The number of benzene rings is 1. The molecule has 0 bridgehead atoms. The molecular weight excluding hydrogens is 334 g/mol. The predicted molar refractivity (Wildman–Crippen MR) is 87.3 cm³/mol. The summed E-state index contributed by atoms with van der Waals surface area (Å²) in [6.07, 6.45) is -0.544. The topological polar surface area (TPSA) is 94.3 Å². The third kappa shape index (κ3) is 5.06. The fourth-order valence-corrected chi connectivity index (χ4v) is 2.04. The molecule has 2 rings (SSSR count). The van der Waals surface area contributed by atoms with Crippen LogP contribution in [0.5, 0.6) is 0 Å². The Morgan fingerprint density at radius 2 is 2.04 bits per heavy atom. The van der Waals surface area contributed by atoms with Gasteiger partial charge in [-0.3, -0.25) is 9.59 Å². The monoisotopic (exact) mass is 351 g/mol. The lowest BCUT2D eigenvalue weighted by molar-refractivity contribution is -0.154. The van der Waals surface area contributed by atoms with E-state index in [1.807, 2.05) is 0 Å². The first-order chi connectivity index (χ1) is 11.5. The summed E-state index contributed by atoms with van der Waals surface area (Å²) in [7, 11) is 0. The van der Waals surface area contributed by atoms with Crippen LogP contribution in [0, 0.1) is 0 Å². The summed E-state index contributed by atoms with van der Waals surface area (Å²) >= 11 is 5.83. The third-order valence-corrected chi connectivity index (χ3v) is 3.39. The second-order valence-electron chi connectivity index (χ2n) is 5.05. The van der Waals surface area contributed by atoms with Crippen LogP contribution < -0.4 is 5.32 Å². The normalized spacial score (nSPS) is 11.8. The molecule has 0 spiro atoms. The zero-order valence-corrected chi connectivity index (χ0v) is 14.2. The molecule has 0 fully saturated rings. The molecule has 8 heteroatoms. The van der Waals surface area contributed by atoms with Gasteiger partial charge in [-0.2, -0.15) is 4.98 Å². The van der Waals surface area contributed by atoms with Crippen molar-refractivity contribution in [2.45, 2.75) is 32.8 Å². The van der Waals surface area contributed by atoms with Crippen LogP contribution in [-0.4, -0.2) is 34.7 Å². The summed E-state index contributed by atoms with van der Waals surface area (Å²) in [6.45, 7) is 3.80. The molecule has 24 heavy (non-hydrogen) atoms. The van der Waals surface area contributed by atoms with E-state index in [-0.39, 0.29) is 18.7 Å². The lowest BCUT2D eigenvalue weighted by atomic mass is 10.2. The molecule has 1 atom stereocenters. The van der Waals surface area contributed by atoms with Crippen LogP contribution in [0.25, 0.3) is 11.4 Å². The first kappa shape index (κ1) is 17.9. The van der Waals surface area contributed by atoms with Crippen LogP contribution in [0.15, 0.2) is 28.8 Å². The number of carbonyl (C=O) groups is 2. The van der Waals surface area contributed by atoms with Gasteiger partial charge in [0, 0.05) is 23.6 Å². The van der Waals surface area contributed by atoms with Crippen molar-refractivity contribution >= 4 is 23.5 Å². The van der Waals surface area contributed by atoms with Crippen molar-refractivity contribution in [3.05, 3.63) is 35.2 Å². The number of esters is 1. The summed E-state index contributed by atoms with van der Waals surface area (Å²) in [4.78, 5) is 27.5. The van der Waals surface area contributed by atoms with Gasteiger partial charge >= 0.3 is 5.97 Å². The lowest BCUT2D eigenvalue weighted by Crippen LogP contribution is -2.35. The van der Waals surface area contributed by atoms with E-state index < -0.39 is 12.1 Å². The van der Waals surface area contributed by atoms with Crippen LogP contribution in [0.1, 0.15) is 26.2 Å². The third-order valence-electron chi connectivity index (χ3n) is 3.14. The largest absolute Gasteiger partial charge is 0.453 e. The Bertz CT molecular complexity index is 700. The van der Waals surface area contributed by atoms with E-state index in [4.69, 9.17) is 20.9 Å². The fraction of sp³-hybridized carbons (Fsp3) is 0.375.